The first-order valence-electron chi connectivity index (χ1n) is 9.10. The van der Waals surface area contributed by atoms with Crippen molar-refractivity contribution >= 4 is 17.8 Å². The number of benzene rings is 1. The number of carbonyl (C=O) groups is 3. The lowest BCUT2D eigenvalue weighted by Crippen LogP contribution is -2.55. The molecule has 0 atom stereocenters. The van der Waals surface area contributed by atoms with E-state index >= 15 is 0 Å². The van der Waals surface area contributed by atoms with E-state index in [0.717, 1.165) is 5.56 Å². The number of amides is 4. The van der Waals surface area contributed by atoms with E-state index in [0.29, 0.717) is 38.9 Å². The molecular weight excluding hydrogens is 346 g/mol. The van der Waals surface area contributed by atoms with Crippen LogP contribution in [0.3, 0.4) is 0 Å². The van der Waals surface area contributed by atoms with Crippen molar-refractivity contribution in [3.05, 3.63) is 60.1 Å². The fourth-order valence-electron chi connectivity index (χ4n) is 3.75. The summed E-state index contributed by atoms with van der Waals surface area (Å²) in [5.74, 6) is -0.0849. The van der Waals surface area contributed by atoms with Gasteiger partial charge in [0.1, 0.15) is 5.54 Å². The first-order valence-corrected chi connectivity index (χ1v) is 9.10. The van der Waals surface area contributed by atoms with Crippen LogP contribution >= 0.6 is 0 Å². The van der Waals surface area contributed by atoms with Crippen LogP contribution in [0, 0.1) is 0 Å². The highest BCUT2D eigenvalue weighted by atomic mass is 16.3. The molecule has 7 nitrogen and oxygen atoms in total. The van der Waals surface area contributed by atoms with Crippen molar-refractivity contribution in [3.8, 4) is 0 Å². The number of nitrogens with one attached hydrogen (secondary N) is 1. The minimum Gasteiger partial charge on any atom is -0.459 e. The van der Waals surface area contributed by atoms with Gasteiger partial charge >= 0.3 is 6.03 Å². The molecule has 1 aromatic heterocycles. The van der Waals surface area contributed by atoms with Crippen molar-refractivity contribution < 1.29 is 18.8 Å². The lowest BCUT2D eigenvalue weighted by Gasteiger charge is -2.36. The third-order valence-electron chi connectivity index (χ3n) is 5.35. The molecule has 1 N–H and O–H groups in total. The molecule has 2 saturated heterocycles. The van der Waals surface area contributed by atoms with E-state index in [9.17, 15) is 14.4 Å². The number of piperidine rings is 1. The van der Waals surface area contributed by atoms with Gasteiger partial charge in [-0.25, -0.2) is 4.79 Å². The SMILES string of the molecule is O=C(c1ccco1)N1CCC2(CC1)NC(=O)N(CCc1ccccc1)C2=O. The summed E-state index contributed by atoms with van der Waals surface area (Å²) in [6, 6.07) is 12.7. The highest BCUT2D eigenvalue weighted by Crippen LogP contribution is 2.30. The molecule has 0 bridgehead atoms. The van der Waals surface area contributed by atoms with E-state index < -0.39 is 5.54 Å². The molecule has 27 heavy (non-hydrogen) atoms. The summed E-state index contributed by atoms with van der Waals surface area (Å²) in [5, 5.41) is 2.88. The molecule has 1 aromatic carbocycles. The van der Waals surface area contributed by atoms with Crippen LogP contribution in [0.15, 0.2) is 53.1 Å². The molecule has 0 saturated carbocycles. The molecule has 3 heterocycles. The maximum Gasteiger partial charge on any atom is 0.325 e. The van der Waals surface area contributed by atoms with Crippen molar-refractivity contribution in [1.82, 2.24) is 15.1 Å². The molecule has 2 aliphatic heterocycles. The molecule has 4 amide bonds. The van der Waals surface area contributed by atoms with E-state index in [1.54, 1.807) is 17.0 Å². The summed E-state index contributed by atoms with van der Waals surface area (Å²) in [5.41, 5.74) is 0.186. The van der Waals surface area contributed by atoms with Gasteiger partial charge in [-0.15, -0.1) is 0 Å². The Morgan fingerprint density at radius 3 is 2.48 bits per heavy atom. The lowest BCUT2D eigenvalue weighted by atomic mass is 9.87. The Kier molecular flexibility index (Phi) is 4.43. The Morgan fingerprint density at radius 2 is 1.81 bits per heavy atom. The van der Waals surface area contributed by atoms with Crippen molar-refractivity contribution in [2.24, 2.45) is 0 Å². The van der Waals surface area contributed by atoms with Gasteiger partial charge in [0.25, 0.3) is 11.8 Å². The second-order valence-corrected chi connectivity index (χ2v) is 6.97. The third-order valence-corrected chi connectivity index (χ3v) is 5.35. The number of hydrogen-bond donors (Lipinski definition) is 1. The van der Waals surface area contributed by atoms with E-state index in [1.165, 1.54) is 11.2 Å². The van der Waals surface area contributed by atoms with Crippen LogP contribution in [0.4, 0.5) is 4.79 Å². The van der Waals surface area contributed by atoms with Crippen LogP contribution < -0.4 is 5.32 Å². The van der Waals surface area contributed by atoms with E-state index in [4.69, 9.17) is 4.42 Å². The van der Waals surface area contributed by atoms with Gasteiger partial charge < -0.3 is 14.6 Å². The second kappa shape index (κ2) is 6.90. The first kappa shape index (κ1) is 17.3. The number of rotatable bonds is 4. The molecule has 1 spiro atoms. The van der Waals surface area contributed by atoms with Gasteiger partial charge in [-0.05, 0) is 37.0 Å². The maximum atomic E-state index is 12.9. The Labute approximate surface area is 156 Å². The summed E-state index contributed by atoms with van der Waals surface area (Å²) < 4.78 is 5.16. The van der Waals surface area contributed by atoms with Crippen molar-refractivity contribution in [3.63, 3.8) is 0 Å². The highest BCUT2D eigenvalue weighted by Gasteiger charge is 2.52. The third kappa shape index (κ3) is 3.20. The lowest BCUT2D eigenvalue weighted by molar-refractivity contribution is -0.132. The zero-order valence-corrected chi connectivity index (χ0v) is 14.9. The van der Waals surface area contributed by atoms with Crippen LogP contribution in [-0.4, -0.2) is 52.8 Å². The minimum atomic E-state index is -0.895. The van der Waals surface area contributed by atoms with Crippen LogP contribution in [0.2, 0.25) is 0 Å². The van der Waals surface area contributed by atoms with Crippen molar-refractivity contribution in [2.45, 2.75) is 24.8 Å². The van der Waals surface area contributed by atoms with Crippen molar-refractivity contribution in [1.29, 1.82) is 0 Å². The Morgan fingerprint density at radius 1 is 1.07 bits per heavy atom. The predicted octanol–water partition coefficient (Wildman–Crippen LogP) is 2.05. The summed E-state index contributed by atoms with van der Waals surface area (Å²) >= 11 is 0. The number of furan rings is 1. The van der Waals surface area contributed by atoms with Gasteiger partial charge in [-0.3, -0.25) is 14.5 Å². The van der Waals surface area contributed by atoms with E-state index in [1.807, 2.05) is 30.3 Å². The van der Waals surface area contributed by atoms with E-state index in [2.05, 4.69) is 5.32 Å². The fourth-order valence-corrected chi connectivity index (χ4v) is 3.75. The number of urea groups is 1. The van der Waals surface area contributed by atoms with E-state index in [-0.39, 0.29) is 23.6 Å². The van der Waals surface area contributed by atoms with Gasteiger partial charge in [0, 0.05) is 19.6 Å². The first-order chi connectivity index (χ1) is 13.1. The van der Waals surface area contributed by atoms with Gasteiger partial charge in [0.15, 0.2) is 5.76 Å². The Bertz CT molecular complexity index is 839. The van der Waals surface area contributed by atoms with Gasteiger partial charge in [0.2, 0.25) is 0 Å². The molecule has 2 aliphatic rings. The monoisotopic (exact) mass is 367 g/mol. The van der Waals surface area contributed by atoms with Gasteiger partial charge in [-0.2, -0.15) is 0 Å². The van der Waals surface area contributed by atoms with Crippen LogP contribution in [-0.2, 0) is 11.2 Å². The van der Waals surface area contributed by atoms with Gasteiger partial charge in [-0.1, -0.05) is 30.3 Å². The number of imide groups is 1. The zero-order chi connectivity index (χ0) is 18.9. The standard InChI is InChI=1S/C20H21N3O4/c24-17(16-7-4-14-27-16)22-12-9-20(10-13-22)18(25)23(19(26)21-20)11-8-15-5-2-1-3-6-15/h1-7,14H,8-13H2,(H,21,26). The maximum absolute atomic E-state index is 12.9. The average molecular weight is 367 g/mol. The number of hydrogen-bond acceptors (Lipinski definition) is 4. The normalized spacial score (nSPS) is 18.8. The number of likely N-dealkylation sites (tertiary alicyclic amines) is 1. The molecule has 2 fully saturated rings. The molecule has 140 valence electrons. The molecular formula is C20H21N3O4. The quantitative estimate of drug-likeness (QED) is 0.839. The summed E-state index contributed by atoms with van der Waals surface area (Å²) in [6.45, 7) is 1.15. The fraction of sp³-hybridized carbons (Fsp3) is 0.350. The largest absolute Gasteiger partial charge is 0.459 e. The average Bonchev–Trinajstić information content (AvgIpc) is 3.30. The highest BCUT2D eigenvalue weighted by molar-refractivity contribution is 6.07. The van der Waals surface area contributed by atoms with Crippen LogP contribution in [0.1, 0.15) is 29.0 Å². The summed E-state index contributed by atoms with van der Waals surface area (Å²) in [7, 11) is 0. The Hall–Kier alpha value is -3.09. The topological polar surface area (TPSA) is 82.9 Å². The molecule has 0 aliphatic carbocycles. The van der Waals surface area contributed by atoms with Gasteiger partial charge in [0.05, 0.1) is 6.26 Å². The smallest absolute Gasteiger partial charge is 0.325 e. The molecule has 2 aromatic rings. The summed E-state index contributed by atoms with van der Waals surface area (Å²) in [4.78, 5) is 40.7. The van der Waals surface area contributed by atoms with Crippen LogP contribution in [0.25, 0.3) is 0 Å². The zero-order valence-electron chi connectivity index (χ0n) is 14.9. The molecule has 7 heteroatoms. The Balaban J connectivity index is 1.39. The van der Waals surface area contributed by atoms with Crippen molar-refractivity contribution in [2.75, 3.05) is 19.6 Å². The number of carbonyl (C=O) groups excluding carboxylic acids is 3. The minimum absolute atomic E-state index is 0.187. The molecule has 0 radical (unpaired) electrons. The molecule has 4 rings (SSSR count). The summed E-state index contributed by atoms with van der Waals surface area (Å²) in [6.07, 6.45) is 2.90. The van der Waals surface area contributed by atoms with Crippen LogP contribution in [0.5, 0.6) is 0 Å². The predicted molar refractivity (Wildman–Crippen MR) is 97.0 cm³/mol. The second-order valence-electron chi connectivity index (χ2n) is 6.97. The molecule has 0 unspecified atom stereocenters. The number of nitrogens with zero attached hydrogens (tertiary/aromatic N) is 2.